The molecule has 1 aromatic rings. The maximum absolute atomic E-state index is 11.9. The highest BCUT2D eigenvalue weighted by Crippen LogP contribution is 2.13. The average molecular weight is 232 g/mol. The van der Waals surface area contributed by atoms with E-state index in [0.717, 1.165) is 0 Å². The Hall–Kier alpha value is -2.24. The fourth-order valence-corrected chi connectivity index (χ4v) is 1.68. The Morgan fingerprint density at radius 3 is 2.88 bits per heavy atom. The number of hydrogen-bond acceptors (Lipinski definition) is 4. The zero-order valence-corrected chi connectivity index (χ0v) is 9.24. The second-order valence-electron chi connectivity index (χ2n) is 3.58. The molecular formula is C11H12N4O2. The third-order valence-electron chi connectivity index (χ3n) is 2.55. The van der Waals surface area contributed by atoms with E-state index in [4.69, 9.17) is 0 Å². The molecule has 0 unspecified atom stereocenters. The Morgan fingerprint density at radius 2 is 2.29 bits per heavy atom. The number of nitrogens with zero attached hydrogens (tertiary/aromatic N) is 4. The van der Waals surface area contributed by atoms with Crippen LogP contribution in [0.25, 0.3) is 0 Å². The summed E-state index contributed by atoms with van der Waals surface area (Å²) in [6, 6.07) is 1.67. The van der Waals surface area contributed by atoms with Crippen LogP contribution in [-0.2, 0) is 9.59 Å². The quantitative estimate of drug-likeness (QED) is 0.664. The molecule has 1 fully saturated rings. The van der Waals surface area contributed by atoms with Gasteiger partial charge in [-0.25, -0.2) is 9.97 Å². The molecule has 0 N–H and O–H groups in total. The monoisotopic (exact) mass is 232 g/mol. The van der Waals surface area contributed by atoms with Crippen molar-refractivity contribution in [1.82, 2.24) is 14.9 Å². The van der Waals surface area contributed by atoms with Crippen molar-refractivity contribution in [2.45, 2.75) is 0 Å². The van der Waals surface area contributed by atoms with Crippen LogP contribution in [0.4, 0.5) is 5.82 Å². The summed E-state index contributed by atoms with van der Waals surface area (Å²) in [6.07, 6.45) is 4.19. The van der Waals surface area contributed by atoms with Gasteiger partial charge in [0.2, 0.25) is 11.8 Å². The predicted octanol–water partition coefficient (Wildman–Crippen LogP) is -0.162. The number of carbonyl (C=O) groups is 2. The SMILES string of the molecule is C=CC(=O)N1CCN(c2ccncn2)C(=O)C1. The lowest BCUT2D eigenvalue weighted by Gasteiger charge is -2.32. The first kappa shape index (κ1) is 11.3. The van der Waals surface area contributed by atoms with E-state index in [-0.39, 0.29) is 18.4 Å². The first-order valence-electron chi connectivity index (χ1n) is 5.20. The van der Waals surface area contributed by atoms with Gasteiger partial charge in [-0.05, 0) is 12.1 Å². The van der Waals surface area contributed by atoms with E-state index in [1.165, 1.54) is 17.3 Å². The maximum Gasteiger partial charge on any atom is 0.247 e. The van der Waals surface area contributed by atoms with E-state index in [1.54, 1.807) is 17.2 Å². The molecule has 17 heavy (non-hydrogen) atoms. The van der Waals surface area contributed by atoms with Gasteiger partial charge in [0.1, 0.15) is 18.7 Å². The van der Waals surface area contributed by atoms with Gasteiger partial charge in [0, 0.05) is 19.3 Å². The molecule has 6 heteroatoms. The van der Waals surface area contributed by atoms with Crippen molar-refractivity contribution in [2.75, 3.05) is 24.5 Å². The Balaban J connectivity index is 2.09. The third kappa shape index (κ3) is 2.30. The number of anilines is 1. The van der Waals surface area contributed by atoms with Crippen molar-refractivity contribution in [3.05, 3.63) is 31.2 Å². The van der Waals surface area contributed by atoms with E-state index in [2.05, 4.69) is 16.5 Å². The molecular weight excluding hydrogens is 220 g/mol. The number of carbonyl (C=O) groups excluding carboxylic acids is 2. The molecule has 0 aromatic carbocycles. The van der Waals surface area contributed by atoms with Crippen LogP contribution < -0.4 is 4.90 Å². The molecule has 0 aliphatic carbocycles. The number of rotatable bonds is 2. The molecule has 1 saturated heterocycles. The number of piperazine rings is 1. The van der Waals surface area contributed by atoms with Gasteiger partial charge in [-0.1, -0.05) is 6.58 Å². The number of amides is 2. The number of aromatic nitrogens is 2. The summed E-state index contributed by atoms with van der Waals surface area (Å²) in [6.45, 7) is 4.39. The van der Waals surface area contributed by atoms with E-state index >= 15 is 0 Å². The standard InChI is InChI=1S/C11H12N4O2/c1-2-10(16)14-5-6-15(11(17)7-14)9-3-4-12-8-13-9/h2-4,8H,1,5-7H2. The van der Waals surface area contributed by atoms with Crippen LogP contribution in [0.5, 0.6) is 0 Å². The van der Waals surface area contributed by atoms with Gasteiger partial charge >= 0.3 is 0 Å². The minimum absolute atomic E-state index is 0.0643. The summed E-state index contributed by atoms with van der Waals surface area (Å²) >= 11 is 0. The van der Waals surface area contributed by atoms with Gasteiger partial charge in [0.15, 0.2) is 0 Å². The average Bonchev–Trinajstić information content (AvgIpc) is 2.38. The Morgan fingerprint density at radius 1 is 1.47 bits per heavy atom. The highest BCUT2D eigenvalue weighted by Gasteiger charge is 2.27. The smallest absolute Gasteiger partial charge is 0.247 e. The molecule has 2 rings (SSSR count). The lowest BCUT2D eigenvalue weighted by molar-refractivity contribution is -0.133. The zero-order valence-electron chi connectivity index (χ0n) is 9.24. The summed E-state index contributed by atoms with van der Waals surface area (Å²) in [5.74, 6) is 0.196. The van der Waals surface area contributed by atoms with Gasteiger partial charge in [-0.3, -0.25) is 14.5 Å². The van der Waals surface area contributed by atoms with E-state index < -0.39 is 0 Å². The second kappa shape index (κ2) is 4.73. The van der Waals surface area contributed by atoms with Crippen molar-refractivity contribution in [3.8, 4) is 0 Å². The molecule has 0 bridgehead atoms. The molecule has 88 valence electrons. The summed E-state index contributed by atoms with van der Waals surface area (Å²) in [4.78, 5) is 34.1. The van der Waals surface area contributed by atoms with Crippen molar-refractivity contribution in [1.29, 1.82) is 0 Å². The van der Waals surface area contributed by atoms with Crippen molar-refractivity contribution in [2.24, 2.45) is 0 Å². The minimum atomic E-state index is -0.222. The molecule has 6 nitrogen and oxygen atoms in total. The zero-order chi connectivity index (χ0) is 12.3. The van der Waals surface area contributed by atoms with Gasteiger partial charge < -0.3 is 4.90 Å². The van der Waals surface area contributed by atoms with Gasteiger partial charge in [0.05, 0.1) is 0 Å². The van der Waals surface area contributed by atoms with Crippen LogP contribution in [0.2, 0.25) is 0 Å². The summed E-state index contributed by atoms with van der Waals surface area (Å²) in [7, 11) is 0. The van der Waals surface area contributed by atoms with Crippen molar-refractivity contribution < 1.29 is 9.59 Å². The molecule has 0 atom stereocenters. The van der Waals surface area contributed by atoms with Crippen molar-refractivity contribution in [3.63, 3.8) is 0 Å². The lowest BCUT2D eigenvalue weighted by Crippen LogP contribution is -2.52. The molecule has 2 amide bonds. The van der Waals surface area contributed by atoms with Gasteiger partial charge in [0.25, 0.3) is 0 Å². The highest BCUT2D eigenvalue weighted by atomic mass is 16.2. The first-order valence-corrected chi connectivity index (χ1v) is 5.20. The van der Waals surface area contributed by atoms with Gasteiger partial charge in [-0.2, -0.15) is 0 Å². The Bertz CT molecular complexity index is 446. The minimum Gasteiger partial charge on any atom is -0.328 e. The highest BCUT2D eigenvalue weighted by molar-refractivity contribution is 5.98. The summed E-state index contributed by atoms with van der Waals surface area (Å²) in [5, 5.41) is 0. The van der Waals surface area contributed by atoms with E-state index in [9.17, 15) is 9.59 Å². The van der Waals surface area contributed by atoms with E-state index in [1.807, 2.05) is 0 Å². The topological polar surface area (TPSA) is 66.4 Å². The number of hydrogen-bond donors (Lipinski definition) is 0. The van der Waals surface area contributed by atoms with E-state index in [0.29, 0.717) is 18.9 Å². The summed E-state index contributed by atoms with van der Waals surface area (Å²) < 4.78 is 0. The molecule has 1 aliphatic heterocycles. The molecule has 0 saturated carbocycles. The lowest BCUT2D eigenvalue weighted by atomic mass is 10.3. The molecule has 1 aliphatic rings. The fraction of sp³-hybridized carbons (Fsp3) is 0.273. The molecule has 0 radical (unpaired) electrons. The molecule has 0 spiro atoms. The van der Waals surface area contributed by atoms with Crippen LogP contribution in [0.3, 0.4) is 0 Å². The van der Waals surface area contributed by atoms with Crippen LogP contribution in [0.1, 0.15) is 0 Å². The third-order valence-corrected chi connectivity index (χ3v) is 2.55. The molecule has 1 aromatic heterocycles. The summed E-state index contributed by atoms with van der Waals surface area (Å²) in [5.41, 5.74) is 0. The predicted molar refractivity (Wildman–Crippen MR) is 61.2 cm³/mol. The van der Waals surface area contributed by atoms with Crippen LogP contribution in [0, 0.1) is 0 Å². The van der Waals surface area contributed by atoms with Crippen LogP contribution in [0.15, 0.2) is 31.2 Å². The fourth-order valence-electron chi connectivity index (χ4n) is 1.68. The second-order valence-corrected chi connectivity index (χ2v) is 3.58. The Kier molecular flexibility index (Phi) is 3.13. The first-order chi connectivity index (χ1) is 8.22. The largest absolute Gasteiger partial charge is 0.328 e. The normalized spacial score (nSPS) is 15.9. The van der Waals surface area contributed by atoms with Crippen LogP contribution >= 0.6 is 0 Å². The van der Waals surface area contributed by atoms with Gasteiger partial charge in [-0.15, -0.1) is 0 Å². The Labute approximate surface area is 98.6 Å². The maximum atomic E-state index is 11.9. The van der Waals surface area contributed by atoms with Crippen LogP contribution in [-0.4, -0.2) is 46.3 Å². The van der Waals surface area contributed by atoms with Crippen molar-refractivity contribution >= 4 is 17.6 Å². The molecule has 2 heterocycles.